The number of hydrogen-bond donors (Lipinski definition) is 1. The van der Waals surface area contributed by atoms with E-state index in [9.17, 15) is 4.79 Å². The van der Waals surface area contributed by atoms with Crippen molar-refractivity contribution < 1.29 is 22.9 Å². The SMILES string of the molecule is CCCCCCCCN(CCCCCCCC)C(=O)[C@@H]([NH3+])CC(C)C.[Cl-]. The van der Waals surface area contributed by atoms with Gasteiger partial charge in [-0.1, -0.05) is 91.9 Å². The zero-order chi connectivity index (χ0) is 18.9. The van der Waals surface area contributed by atoms with Crippen LogP contribution in [0.2, 0.25) is 0 Å². The minimum atomic E-state index is -0.0693. The van der Waals surface area contributed by atoms with Gasteiger partial charge in [-0.15, -0.1) is 0 Å². The van der Waals surface area contributed by atoms with Crippen LogP contribution in [-0.4, -0.2) is 29.9 Å². The highest BCUT2D eigenvalue weighted by molar-refractivity contribution is 5.80. The number of nitrogens with zero attached hydrogens (tertiary/aromatic N) is 1. The first-order valence-corrected chi connectivity index (χ1v) is 11.1. The Bertz CT molecular complexity index is 295. The standard InChI is InChI=1S/C22H46N2O.ClH/c1-5-7-9-11-13-15-17-24(18-16-14-12-10-8-6-2)22(25)21(23)19-20(3)4;/h20-21H,5-19,23H2,1-4H3;1H/t21-;/m0./s1. The second kappa shape index (κ2) is 19.5. The number of carbonyl (C=O) groups excluding carboxylic acids is 1. The fourth-order valence-electron chi connectivity index (χ4n) is 3.43. The van der Waals surface area contributed by atoms with Gasteiger partial charge in [-0.25, -0.2) is 0 Å². The molecule has 0 saturated heterocycles. The van der Waals surface area contributed by atoms with Crippen molar-refractivity contribution in [3.8, 4) is 0 Å². The molecule has 0 aliphatic carbocycles. The van der Waals surface area contributed by atoms with Gasteiger partial charge in [-0.05, 0) is 18.8 Å². The van der Waals surface area contributed by atoms with Crippen molar-refractivity contribution in [2.24, 2.45) is 5.92 Å². The predicted molar refractivity (Wildman–Crippen MR) is 109 cm³/mol. The molecule has 0 spiro atoms. The number of halogens is 1. The van der Waals surface area contributed by atoms with Crippen molar-refractivity contribution in [3.05, 3.63) is 0 Å². The molecule has 0 aromatic heterocycles. The van der Waals surface area contributed by atoms with Crippen LogP contribution in [0.5, 0.6) is 0 Å². The molecule has 0 bridgehead atoms. The molecule has 0 aromatic carbocycles. The van der Waals surface area contributed by atoms with Crippen molar-refractivity contribution in [2.45, 2.75) is 117 Å². The van der Waals surface area contributed by atoms with Crippen LogP contribution in [0.3, 0.4) is 0 Å². The van der Waals surface area contributed by atoms with Gasteiger partial charge in [-0.3, -0.25) is 4.79 Å². The van der Waals surface area contributed by atoms with E-state index < -0.39 is 0 Å². The lowest BCUT2D eigenvalue weighted by Crippen LogP contribution is -3.00. The molecule has 0 aliphatic heterocycles. The number of quaternary nitrogens is 1. The lowest BCUT2D eigenvalue weighted by Gasteiger charge is -2.25. The van der Waals surface area contributed by atoms with E-state index >= 15 is 0 Å². The quantitative estimate of drug-likeness (QED) is 0.380. The molecule has 0 rings (SSSR count). The number of amides is 1. The highest BCUT2D eigenvalue weighted by Gasteiger charge is 2.24. The molecule has 3 N–H and O–H groups in total. The molecule has 0 aliphatic rings. The second-order valence-corrected chi connectivity index (χ2v) is 8.19. The minimum Gasteiger partial charge on any atom is -1.00 e. The normalized spacial score (nSPS) is 12.1. The molecule has 1 amide bonds. The first-order chi connectivity index (χ1) is 12.0. The topological polar surface area (TPSA) is 48.0 Å². The van der Waals surface area contributed by atoms with Crippen LogP contribution in [-0.2, 0) is 4.79 Å². The van der Waals surface area contributed by atoms with Crippen LogP contribution in [0.25, 0.3) is 0 Å². The Morgan fingerprint density at radius 1 is 0.769 bits per heavy atom. The third-order valence-corrected chi connectivity index (χ3v) is 4.98. The van der Waals surface area contributed by atoms with E-state index in [0.717, 1.165) is 32.4 Å². The van der Waals surface area contributed by atoms with E-state index in [1.165, 1.54) is 64.2 Å². The summed E-state index contributed by atoms with van der Waals surface area (Å²) in [6.07, 6.45) is 16.3. The molecule has 0 aromatic rings. The Hall–Kier alpha value is -0.280. The molecule has 0 radical (unpaired) electrons. The van der Waals surface area contributed by atoms with Crippen molar-refractivity contribution >= 4 is 5.91 Å². The van der Waals surface area contributed by atoms with Crippen molar-refractivity contribution in [1.29, 1.82) is 0 Å². The summed E-state index contributed by atoms with van der Waals surface area (Å²) in [6, 6.07) is -0.0693. The molecule has 3 nitrogen and oxygen atoms in total. The molecule has 0 heterocycles. The molecule has 158 valence electrons. The molecule has 0 unspecified atom stereocenters. The number of hydrogen-bond acceptors (Lipinski definition) is 1. The van der Waals surface area contributed by atoms with Gasteiger partial charge in [0.25, 0.3) is 5.91 Å². The Balaban J connectivity index is 0. The zero-order valence-electron chi connectivity index (χ0n) is 18.2. The summed E-state index contributed by atoms with van der Waals surface area (Å²) >= 11 is 0. The van der Waals surface area contributed by atoms with Crippen LogP contribution in [0, 0.1) is 5.92 Å². The van der Waals surface area contributed by atoms with E-state index in [1.54, 1.807) is 0 Å². The monoisotopic (exact) mass is 390 g/mol. The Labute approximate surface area is 170 Å². The van der Waals surface area contributed by atoms with Crippen LogP contribution >= 0.6 is 0 Å². The van der Waals surface area contributed by atoms with E-state index in [-0.39, 0.29) is 24.4 Å². The summed E-state index contributed by atoms with van der Waals surface area (Å²) in [5.74, 6) is 0.826. The lowest BCUT2D eigenvalue weighted by molar-refractivity contribution is -0.408. The summed E-state index contributed by atoms with van der Waals surface area (Å²) < 4.78 is 0. The maximum atomic E-state index is 12.8. The van der Waals surface area contributed by atoms with E-state index in [1.807, 2.05) is 0 Å². The predicted octanol–water partition coefficient (Wildman–Crippen LogP) is 2.20. The maximum Gasteiger partial charge on any atom is 0.280 e. The molecule has 4 heteroatoms. The largest absolute Gasteiger partial charge is 1.00 e. The zero-order valence-corrected chi connectivity index (χ0v) is 19.0. The van der Waals surface area contributed by atoms with Gasteiger partial charge in [0.15, 0.2) is 6.04 Å². The third kappa shape index (κ3) is 15.9. The highest BCUT2D eigenvalue weighted by Crippen LogP contribution is 2.11. The summed E-state index contributed by atoms with van der Waals surface area (Å²) in [5, 5.41) is 0. The van der Waals surface area contributed by atoms with Gasteiger partial charge >= 0.3 is 0 Å². The van der Waals surface area contributed by atoms with Gasteiger partial charge in [0, 0.05) is 19.5 Å². The molecule has 1 atom stereocenters. The van der Waals surface area contributed by atoms with Crippen molar-refractivity contribution in [3.63, 3.8) is 0 Å². The van der Waals surface area contributed by atoms with E-state index in [2.05, 4.69) is 38.3 Å². The van der Waals surface area contributed by atoms with Crippen LogP contribution in [0.4, 0.5) is 0 Å². The summed E-state index contributed by atoms with van der Waals surface area (Å²) in [6.45, 7) is 10.7. The van der Waals surface area contributed by atoms with Gasteiger partial charge in [0.1, 0.15) is 0 Å². The summed E-state index contributed by atoms with van der Waals surface area (Å²) in [7, 11) is 0. The van der Waals surface area contributed by atoms with Gasteiger partial charge in [0.05, 0.1) is 0 Å². The summed E-state index contributed by atoms with van der Waals surface area (Å²) in [5.41, 5.74) is 4.15. The lowest BCUT2D eigenvalue weighted by atomic mass is 10.0. The fraction of sp³-hybridized carbons (Fsp3) is 0.955. The second-order valence-electron chi connectivity index (χ2n) is 8.19. The number of carbonyl (C=O) groups is 1. The fourth-order valence-corrected chi connectivity index (χ4v) is 3.43. The average Bonchev–Trinajstić information content (AvgIpc) is 2.57. The highest BCUT2D eigenvalue weighted by atomic mass is 35.5. The molecule has 0 fully saturated rings. The van der Waals surface area contributed by atoms with Crippen LogP contribution < -0.4 is 18.1 Å². The van der Waals surface area contributed by atoms with Crippen LogP contribution in [0.15, 0.2) is 0 Å². The number of rotatable bonds is 17. The first-order valence-electron chi connectivity index (χ1n) is 11.1. The van der Waals surface area contributed by atoms with Gasteiger partial charge in [-0.2, -0.15) is 0 Å². The third-order valence-electron chi connectivity index (χ3n) is 4.98. The number of unbranched alkanes of at least 4 members (excludes halogenated alkanes) is 10. The summed E-state index contributed by atoms with van der Waals surface area (Å²) in [4.78, 5) is 14.9. The van der Waals surface area contributed by atoms with E-state index in [4.69, 9.17) is 0 Å². The van der Waals surface area contributed by atoms with Crippen molar-refractivity contribution in [2.75, 3.05) is 13.1 Å². The Morgan fingerprint density at radius 3 is 1.54 bits per heavy atom. The maximum absolute atomic E-state index is 12.8. The van der Waals surface area contributed by atoms with Crippen molar-refractivity contribution in [1.82, 2.24) is 4.90 Å². The molecule has 26 heavy (non-hydrogen) atoms. The van der Waals surface area contributed by atoms with Crippen LogP contribution in [0.1, 0.15) is 111 Å². The average molecular weight is 391 g/mol. The molecular weight excluding hydrogens is 344 g/mol. The first kappa shape index (κ1) is 27.9. The van der Waals surface area contributed by atoms with E-state index in [0.29, 0.717) is 5.92 Å². The molecular formula is C22H47ClN2O. The Kier molecular flexibility index (Phi) is 20.9. The smallest absolute Gasteiger partial charge is 0.280 e. The van der Waals surface area contributed by atoms with Gasteiger partial charge in [0.2, 0.25) is 0 Å². The minimum absolute atomic E-state index is 0. The van der Waals surface area contributed by atoms with Gasteiger partial charge < -0.3 is 23.0 Å². The molecule has 0 saturated carbocycles. The Morgan fingerprint density at radius 2 is 1.15 bits per heavy atom.